The molecule has 0 aliphatic heterocycles. The van der Waals surface area contributed by atoms with Crippen molar-refractivity contribution in [3.63, 3.8) is 0 Å². The molecule has 0 fully saturated rings. The van der Waals surface area contributed by atoms with Crippen molar-refractivity contribution in [2.45, 2.75) is 27.2 Å². The topological polar surface area (TPSA) is 18.5 Å². The number of methoxy groups -OCH3 is 1. The zero-order chi connectivity index (χ0) is 16.3. The molecule has 2 nitrogen and oxygen atoms in total. The maximum absolute atomic E-state index is 6.15. The van der Waals surface area contributed by atoms with Crippen molar-refractivity contribution in [1.82, 2.24) is 0 Å². The fraction of sp³-hybridized carbons (Fsp3) is 0.333. The molecule has 0 atom stereocenters. The lowest BCUT2D eigenvalue weighted by molar-refractivity contribution is 0.404. The monoisotopic (exact) mass is 522 g/mol. The zero-order valence-electron chi connectivity index (χ0n) is 13.2. The van der Waals surface area contributed by atoms with Crippen LogP contribution in [0.4, 0.5) is 0 Å². The SMILES string of the molecule is COc1ccc(Oc2c(I)cc(C)cc2I)cc1CC(C)C. The van der Waals surface area contributed by atoms with Gasteiger partial charge in [-0.3, -0.25) is 0 Å². The summed E-state index contributed by atoms with van der Waals surface area (Å²) in [5.41, 5.74) is 2.43. The van der Waals surface area contributed by atoms with Crippen LogP contribution in [0.1, 0.15) is 25.0 Å². The van der Waals surface area contributed by atoms with Gasteiger partial charge in [0.1, 0.15) is 11.5 Å². The van der Waals surface area contributed by atoms with Crippen LogP contribution >= 0.6 is 45.2 Å². The predicted molar refractivity (Wildman–Crippen MR) is 108 cm³/mol. The second-order valence-electron chi connectivity index (χ2n) is 5.73. The molecule has 0 spiro atoms. The minimum atomic E-state index is 0.573. The third kappa shape index (κ3) is 4.50. The van der Waals surface area contributed by atoms with E-state index in [0.717, 1.165) is 30.8 Å². The van der Waals surface area contributed by atoms with Crippen LogP contribution in [0.25, 0.3) is 0 Å². The van der Waals surface area contributed by atoms with E-state index in [-0.39, 0.29) is 0 Å². The quantitative estimate of drug-likeness (QED) is 0.436. The Morgan fingerprint density at radius 3 is 2.23 bits per heavy atom. The van der Waals surface area contributed by atoms with E-state index in [1.54, 1.807) is 7.11 Å². The maximum Gasteiger partial charge on any atom is 0.154 e. The fourth-order valence-electron chi connectivity index (χ4n) is 2.32. The third-order valence-electron chi connectivity index (χ3n) is 3.24. The van der Waals surface area contributed by atoms with Crippen LogP contribution in [-0.4, -0.2) is 7.11 Å². The summed E-state index contributed by atoms with van der Waals surface area (Å²) < 4.78 is 13.9. The minimum Gasteiger partial charge on any atom is -0.496 e. The van der Waals surface area contributed by atoms with Gasteiger partial charge in [-0.1, -0.05) is 13.8 Å². The summed E-state index contributed by atoms with van der Waals surface area (Å²) in [6.07, 6.45) is 0.975. The van der Waals surface area contributed by atoms with Gasteiger partial charge in [0.25, 0.3) is 0 Å². The van der Waals surface area contributed by atoms with E-state index in [1.807, 2.05) is 12.1 Å². The van der Waals surface area contributed by atoms with Crippen molar-refractivity contribution in [2.24, 2.45) is 5.92 Å². The summed E-state index contributed by atoms with van der Waals surface area (Å²) in [6.45, 7) is 6.51. The Balaban J connectivity index is 2.34. The Labute approximate surface area is 159 Å². The standard InChI is InChI=1S/C18H20I2O2/c1-11(2)7-13-10-14(5-6-17(13)21-4)22-18-15(19)8-12(3)9-16(18)20/h5-6,8-11H,7H2,1-4H3. The van der Waals surface area contributed by atoms with Gasteiger partial charge in [0, 0.05) is 0 Å². The van der Waals surface area contributed by atoms with Gasteiger partial charge in [-0.2, -0.15) is 0 Å². The average molecular weight is 522 g/mol. The highest BCUT2D eigenvalue weighted by Gasteiger charge is 2.12. The van der Waals surface area contributed by atoms with Crippen molar-refractivity contribution < 1.29 is 9.47 Å². The minimum absolute atomic E-state index is 0.573. The lowest BCUT2D eigenvalue weighted by Crippen LogP contribution is -1.99. The van der Waals surface area contributed by atoms with Crippen LogP contribution in [0, 0.1) is 20.0 Å². The molecular weight excluding hydrogens is 502 g/mol. The molecule has 0 saturated carbocycles. The number of hydrogen-bond acceptors (Lipinski definition) is 2. The molecule has 0 unspecified atom stereocenters. The lowest BCUT2D eigenvalue weighted by atomic mass is 10.0. The summed E-state index contributed by atoms with van der Waals surface area (Å²) in [7, 11) is 1.71. The molecule has 0 amide bonds. The van der Waals surface area contributed by atoms with Crippen molar-refractivity contribution in [2.75, 3.05) is 7.11 Å². The lowest BCUT2D eigenvalue weighted by Gasteiger charge is -2.15. The van der Waals surface area contributed by atoms with E-state index in [0.29, 0.717) is 5.92 Å². The number of rotatable bonds is 5. The smallest absolute Gasteiger partial charge is 0.154 e. The first kappa shape index (κ1) is 17.8. The molecule has 2 aromatic carbocycles. The molecule has 4 heteroatoms. The molecule has 0 N–H and O–H groups in total. The molecule has 0 bridgehead atoms. The molecule has 2 rings (SSSR count). The fourth-order valence-corrected chi connectivity index (χ4v) is 4.62. The van der Waals surface area contributed by atoms with Crippen molar-refractivity contribution in [1.29, 1.82) is 0 Å². The van der Waals surface area contributed by atoms with E-state index < -0.39 is 0 Å². The van der Waals surface area contributed by atoms with E-state index in [2.05, 4.69) is 84.2 Å². The summed E-state index contributed by atoms with van der Waals surface area (Å²) in [5.74, 6) is 3.28. The Morgan fingerprint density at radius 1 is 1.05 bits per heavy atom. The first-order valence-corrected chi connectivity index (χ1v) is 9.37. The third-order valence-corrected chi connectivity index (χ3v) is 4.85. The van der Waals surface area contributed by atoms with Gasteiger partial charge in [0.05, 0.1) is 14.3 Å². The van der Waals surface area contributed by atoms with Crippen molar-refractivity contribution >= 4 is 45.2 Å². The first-order valence-electron chi connectivity index (χ1n) is 7.21. The van der Waals surface area contributed by atoms with Gasteiger partial charge >= 0.3 is 0 Å². The zero-order valence-corrected chi connectivity index (χ0v) is 17.6. The molecule has 2 aromatic rings. The Morgan fingerprint density at radius 2 is 1.68 bits per heavy atom. The Bertz CT molecular complexity index is 643. The molecule has 22 heavy (non-hydrogen) atoms. The number of halogens is 2. The summed E-state index contributed by atoms with van der Waals surface area (Å²) in [6, 6.07) is 10.3. The van der Waals surface area contributed by atoms with Crippen LogP contribution < -0.4 is 9.47 Å². The van der Waals surface area contributed by atoms with Gasteiger partial charge in [-0.25, -0.2) is 0 Å². The Hall–Kier alpha value is -0.500. The van der Waals surface area contributed by atoms with Gasteiger partial charge in [-0.05, 0) is 106 Å². The molecule has 0 saturated heterocycles. The summed E-state index contributed by atoms with van der Waals surface area (Å²) in [4.78, 5) is 0. The molecule has 0 heterocycles. The van der Waals surface area contributed by atoms with Gasteiger partial charge in [0.15, 0.2) is 5.75 Å². The molecule has 0 aliphatic carbocycles. The number of hydrogen-bond donors (Lipinski definition) is 0. The van der Waals surface area contributed by atoms with E-state index >= 15 is 0 Å². The van der Waals surface area contributed by atoms with Crippen LogP contribution in [0.5, 0.6) is 17.2 Å². The highest BCUT2D eigenvalue weighted by molar-refractivity contribution is 14.1. The van der Waals surface area contributed by atoms with Gasteiger partial charge < -0.3 is 9.47 Å². The maximum atomic E-state index is 6.15. The van der Waals surface area contributed by atoms with Crippen LogP contribution in [0.2, 0.25) is 0 Å². The van der Waals surface area contributed by atoms with E-state index in [1.165, 1.54) is 11.1 Å². The van der Waals surface area contributed by atoms with Crippen molar-refractivity contribution in [3.8, 4) is 17.2 Å². The van der Waals surface area contributed by atoms with Gasteiger partial charge in [-0.15, -0.1) is 0 Å². The van der Waals surface area contributed by atoms with E-state index in [4.69, 9.17) is 9.47 Å². The van der Waals surface area contributed by atoms with E-state index in [9.17, 15) is 0 Å². The summed E-state index contributed by atoms with van der Waals surface area (Å²) in [5, 5.41) is 0. The number of aryl methyl sites for hydroxylation is 1. The average Bonchev–Trinajstić information content (AvgIpc) is 2.42. The molecular formula is C18H20I2O2. The molecule has 0 aliphatic rings. The first-order chi connectivity index (χ1) is 10.4. The largest absolute Gasteiger partial charge is 0.496 e. The molecule has 0 radical (unpaired) electrons. The van der Waals surface area contributed by atoms with Gasteiger partial charge in [0.2, 0.25) is 0 Å². The van der Waals surface area contributed by atoms with Crippen LogP contribution in [-0.2, 0) is 6.42 Å². The highest BCUT2D eigenvalue weighted by Crippen LogP contribution is 2.35. The number of ether oxygens (including phenoxy) is 2. The normalized spacial score (nSPS) is 10.9. The summed E-state index contributed by atoms with van der Waals surface area (Å²) >= 11 is 4.65. The second-order valence-corrected chi connectivity index (χ2v) is 8.06. The highest BCUT2D eigenvalue weighted by atomic mass is 127. The van der Waals surface area contributed by atoms with Crippen LogP contribution in [0.15, 0.2) is 30.3 Å². The Kier molecular flexibility index (Phi) is 6.37. The molecule has 118 valence electrons. The van der Waals surface area contributed by atoms with Crippen molar-refractivity contribution in [3.05, 3.63) is 48.6 Å². The van der Waals surface area contributed by atoms with Crippen LogP contribution in [0.3, 0.4) is 0 Å². The molecule has 0 aromatic heterocycles. The second kappa shape index (κ2) is 7.86. The predicted octanol–water partition coefficient (Wildman–Crippen LogP) is 6.20. The number of benzene rings is 2.